The normalized spacial score (nSPS) is 11.9. The molecule has 1 N–H and O–H groups in total. The first-order valence-electron chi connectivity index (χ1n) is 7.52. The molecule has 5 heteroatoms. The molecule has 2 rings (SSSR count). The summed E-state index contributed by atoms with van der Waals surface area (Å²) in [5, 5.41) is 2.68. The summed E-state index contributed by atoms with van der Waals surface area (Å²) in [6.07, 6.45) is -1.83. The number of anilines is 1. The number of alkyl halides is 3. The summed E-state index contributed by atoms with van der Waals surface area (Å²) in [5.41, 5.74) is 1.37. The van der Waals surface area contributed by atoms with E-state index in [-0.39, 0.29) is 0 Å². The van der Waals surface area contributed by atoms with Crippen molar-refractivity contribution in [3.63, 3.8) is 0 Å². The Kier molecular flexibility index (Phi) is 5.44. The lowest BCUT2D eigenvalue weighted by atomic mass is 10.0. The highest BCUT2D eigenvalue weighted by molar-refractivity contribution is 6.01. The van der Waals surface area contributed by atoms with Gasteiger partial charge in [-0.1, -0.05) is 38.1 Å². The summed E-state index contributed by atoms with van der Waals surface area (Å²) in [4.78, 5) is 11.9. The van der Waals surface area contributed by atoms with E-state index in [1.165, 1.54) is 24.3 Å². The molecule has 0 aliphatic rings. The molecule has 0 saturated carbocycles. The molecule has 0 aliphatic carbocycles. The smallest absolute Gasteiger partial charge is 0.323 e. The molecule has 2 nitrogen and oxygen atoms in total. The standard InChI is InChI=1S/C19H18F3NO/c1-13(2)15-7-9-17(10-8-15)23-18(24)11-6-14-4-3-5-16(12-14)19(20,21)22/h3-13H,1-2H3,(H,23,24)/b11-6+. The lowest BCUT2D eigenvalue weighted by molar-refractivity contribution is -0.137. The monoisotopic (exact) mass is 333 g/mol. The largest absolute Gasteiger partial charge is 0.416 e. The third-order valence-corrected chi connectivity index (χ3v) is 3.49. The Bertz CT molecular complexity index is 731. The Morgan fingerprint density at radius 2 is 1.75 bits per heavy atom. The van der Waals surface area contributed by atoms with E-state index in [0.29, 0.717) is 17.2 Å². The van der Waals surface area contributed by atoms with Gasteiger partial charge in [-0.05, 0) is 47.4 Å². The van der Waals surface area contributed by atoms with Crippen LogP contribution < -0.4 is 5.32 Å². The maximum Gasteiger partial charge on any atom is 0.416 e. The second-order valence-corrected chi connectivity index (χ2v) is 5.72. The molecular weight excluding hydrogens is 315 g/mol. The summed E-state index contributed by atoms with van der Waals surface area (Å²) in [6, 6.07) is 12.3. The average Bonchev–Trinajstić information content (AvgIpc) is 2.53. The molecule has 0 aliphatic heterocycles. The van der Waals surface area contributed by atoms with Gasteiger partial charge < -0.3 is 5.32 Å². The van der Waals surface area contributed by atoms with E-state index in [1.807, 2.05) is 12.1 Å². The summed E-state index contributed by atoms with van der Waals surface area (Å²) >= 11 is 0. The number of nitrogens with one attached hydrogen (secondary N) is 1. The molecule has 0 spiro atoms. The van der Waals surface area contributed by atoms with Gasteiger partial charge in [0.05, 0.1) is 5.56 Å². The molecule has 0 heterocycles. The summed E-state index contributed by atoms with van der Waals surface area (Å²) in [6.45, 7) is 4.15. The van der Waals surface area contributed by atoms with Gasteiger partial charge in [-0.3, -0.25) is 4.79 Å². The molecule has 0 fully saturated rings. The number of carbonyl (C=O) groups excluding carboxylic acids is 1. The van der Waals surface area contributed by atoms with Gasteiger partial charge in [0.15, 0.2) is 0 Å². The van der Waals surface area contributed by atoms with Crippen molar-refractivity contribution in [2.45, 2.75) is 25.9 Å². The lowest BCUT2D eigenvalue weighted by Gasteiger charge is -2.07. The number of carbonyl (C=O) groups is 1. The molecule has 0 radical (unpaired) electrons. The summed E-state index contributed by atoms with van der Waals surface area (Å²) in [7, 11) is 0. The van der Waals surface area contributed by atoms with Crippen LogP contribution in [-0.4, -0.2) is 5.91 Å². The predicted molar refractivity (Wildman–Crippen MR) is 89.6 cm³/mol. The molecule has 0 atom stereocenters. The highest BCUT2D eigenvalue weighted by Crippen LogP contribution is 2.29. The number of rotatable bonds is 4. The van der Waals surface area contributed by atoms with Crippen LogP contribution in [0.1, 0.15) is 36.5 Å². The van der Waals surface area contributed by atoms with Crippen molar-refractivity contribution in [3.8, 4) is 0 Å². The van der Waals surface area contributed by atoms with Crippen molar-refractivity contribution in [2.75, 3.05) is 5.32 Å². The van der Waals surface area contributed by atoms with Crippen LogP contribution in [-0.2, 0) is 11.0 Å². The molecule has 24 heavy (non-hydrogen) atoms. The fourth-order valence-electron chi connectivity index (χ4n) is 2.13. The van der Waals surface area contributed by atoms with Gasteiger partial charge in [-0.2, -0.15) is 13.2 Å². The van der Waals surface area contributed by atoms with Gasteiger partial charge in [0, 0.05) is 11.8 Å². The van der Waals surface area contributed by atoms with Crippen molar-refractivity contribution in [2.24, 2.45) is 0 Å². The van der Waals surface area contributed by atoms with Crippen molar-refractivity contribution in [1.82, 2.24) is 0 Å². The van der Waals surface area contributed by atoms with E-state index >= 15 is 0 Å². The van der Waals surface area contributed by atoms with Crippen molar-refractivity contribution in [1.29, 1.82) is 0 Å². The third kappa shape index (κ3) is 4.98. The number of hydrogen-bond acceptors (Lipinski definition) is 1. The quantitative estimate of drug-likeness (QED) is 0.738. The molecule has 2 aromatic rings. The maximum absolute atomic E-state index is 12.6. The van der Waals surface area contributed by atoms with Crippen LogP contribution in [0.4, 0.5) is 18.9 Å². The Balaban J connectivity index is 2.03. The highest BCUT2D eigenvalue weighted by atomic mass is 19.4. The van der Waals surface area contributed by atoms with E-state index in [0.717, 1.165) is 17.7 Å². The van der Waals surface area contributed by atoms with Gasteiger partial charge in [0.1, 0.15) is 0 Å². The predicted octanol–water partition coefficient (Wildman–Crippen LogP) is 5.48. The van der Waals surface area contributed by atoms with Crippen molar-refractivity contribution >= 4 is 17.7 Å². The van der Waals surface area contributed by atoms with E-state index in [9.17, 15) is 18.0 Å². The van der Waals surface area contributed by atoms with E-state index < -0.39 is 17.6 Å². The van der Waals surface area contributed by atoms with Gasteiger partial charge in [0.2, 0.25) is 5.91 Å². The topological polar surface area (TPSA) is 29.1 Å². The van der Waals surface area contributed by atoms with E-state index in [4.69, 9.17) is 0 Å². The Morgan fingerprint density at radius 3 is 2.33 bits per heavy atom. The van der Waals surface area contributed by atoms with Gasteiger partial charge in [-0.25, -0.2) is 0 Å². The minimum absolute atomic E-state index is 0.315. The van der Waals surface area contributed by atoms with E-state index in [2.05, 4.69) is 19.2 Å². The minimum atomic E-state index is -4.40. The Labute approximate surface area is 139 Å². The highest BCUT2D eigenvalue weighted by Gasteiger charge is 2.30. The molecule has 0 aromatic heterocycles. The number of hydrogen-bond donors (Lipinski definition) is 1. The number of amides is 1. The van der Waals surface area contributed by atoms with Crippen molar-refractivity contribution in [3.05, 3.63) is 71.3 Å². The van der Waals surface area contributed by atoms with Crippen LogP contribution >= 0.6 is 0 Å². The first-order valence-corrected chi connectivity index (χ1v) is 7.52. The first kappa shape index (κ1) is 17.8. The zero-order valence-electron chi connectivity index (χ0n) is 13.4. The van der Waals surface area contributed by atoms with Gasteiger partial charge in [0.25, 0.3) is 0 Å². The maximum atomic E-state index is 12.6. The SMILES string of the molecule is CC(C)c1ccc(NC(=O)/C=C/c2cccc(C(F)(F)F)c2)cc1. The van der Waals surface area contributed by atoms with Crippen LogP contribution in [0, 0.1) is 0 Å². The fraction of sp³-hybridized carbons (Fsp3) is 0.211. The second-order valence-electron chi connectivity index (χ2n) is 5.72. The Hall–Kier alpha value is -2.56. The van der Waals surface area contributed by atoms with E-state index in [1.54, 1.807) is 12.1 Å². The summed E-state index contributed by atoms with van der Waals surface area (Å²) < 4.78 is 37.9. The van der Waals surface area contributed by atoms with Crippen LogP contribution in [0.2, 0.25) is 0 Å². The van der Waals surface area contributed by atoms with Crippen LogP contribution in [0.25, 0.3) is 6.08 Å². The third-order valence-electron chi connectivity index (χ3n) is 3.49. The molecule has 0 bridgehead atoms. The van der Waals surface area contributed by atoms with Gasteiger partial charge >= 0.3 is 6.18 Å². The zero-order valence-corrected chi connectivity index (χ0v) is 13.4. The summed E-state index contributed by atoms with van der Waals surface area (Å²) in [5.74, 6) is 0.000245. The first-order chi connectivity index (χ1) is 11.3. The minimum Gasteiger partial charge on any atom is -0.323 e. The second kappa shape index (κ2) is 7.34. The molecule has 1 amide bonds. The van der Waals surface area contributed by atoms with Crippen LogP contribution in [0.15, 0.2) is 54.6 Å². The van der Waals surface area contributed by atoms with Crippen molar-refractivity contribution < 1.29 is 18.0 Å². The molecular formula is C19H18F3NO. The lowest BCUT2D eigenvalue weighted by Crippen LogP contribution is -2.08. The van der Waals surface area contributed by atoms with Gasteiger partial charge in [-0.15, -0.1) is 0 Å². The molecule has 0 saturated heterocycles. The Morgan fingerprint density at radius 1 is 1.08 bits per heavy atom. The van der Waals surface area contributed by atoms with Crippen LogP contribution in [0.3, 0.4) is 0 Å². The number of halogens is 3. The molecule has 0 unspecified atom stereocenters. The van der Waals surface area contributed by atoms with Crippen LogP contribution in [0.5, 0.6) is 0 Å². The number of benzene rings is 2. The molecule has 126 valence electrons. The zero-order chi connectivity index (χ0) is 17.7. The fourth-order valence-corrected chi connectivity index (χ4v) is 2.13. The molecule has 2 aromatic carbocycles. The average molecular weight is 333 g/mol.